The molecule has 0 saturated heterocycles. The number of allylic oxidation sites excluding steroid dienone is 1. The maximum absolute atomic E-state index is 10.8. The van der Waals surface area contributed by atoms with Gasteiger partial charge in [0.1, 0.15) is 0 Å². The minimum atomic E-state index is -0.314. The van der Waals surface area contributed by atoms with Gasteiger partial charge in [0, 0.05) is 12.5 Å². The van der Waals surface area contributed by atoms with Gasteiger partial charge in [0.25, 0.3) is 0 Å². The number of unbranched alkanes of at least 4 members (excludes halogenated alkanes) is 4. The fourth-order valence-corrected chi connectivity index (χ4v) is 1.23. The lowest BCUT2D eigenvalue weighted by atomic mass is 10.1. The smallest absolute Gasteiger partial charge is 0.330 e. The molecule has 0 rings (SSSR count). The molecule has 0 fully saturated rings. The lowest BCUT2D eigenvalue weighted by molar-refractivity contribution is -0.140. The summed E-state index contributed by atoms with van der Waals surface area (Å²) in [7, 11) is 2.76. The van der Waals surface area contributed by atoms with Crippen molar-refractivity contribution in [3.8, 4) is 0 Å². The average Bonchev–Trinajstić information content (AvgIpc) is 2.31. The van der Waals surface area contributed by atoms with Gasteiger partial charge in [-0.3, -0.25) is 4.79 Å². The van der Waals surface area contributed by atoms with E-state index in [1.54, 1.807) is 0 Å². The van der Waals surface area contributed by atoms with E-state index in [0.29, 0.717) is 6.42 Å². The zero-order chi connectivity index (χ0) is 12.2. The largest absolute Gasteiger partial charge is 0.469 e. The molecule has 0 radical (unpaired) electrons. The van der Waals surface area contributed by atoms with Gasteiger partial charge in [0.2, 0.25) is 0 Å². The number of ether oxygens (including phenoxy) is 2. The molecule has 16 heavy (non-hydrogen) atoms. The van der Waals surface area contributed by atoms with E-state index in [1.165, 1.54) is 20.3 Å². The van der Waals surface area contributed by atoms with Gasteiger partial charge in [0.05, 0.1) is 14.2 Å². The van der Waals surface area contributed by atoms with Gasteiger partial charge in [-0.2, -0.15) is 0 Å². The third kappa shape index (κ3) is 9.24. The van der Waals surface area contributed by atoms with Crippen molar-refractivity contribution in [2.45, 2.75) is 38.5 Å². The molecular weight excluding hydrogens is 208 g/mol. The Morgan fingerprint density at radius 1 is 1.00 bits per heavy atom. The first-order valence-electron chi connectivity index (χ1n) is 5.52. The summed E-state index contributed by atoms with van der Waals surface area (Å²) in [6.45, 7) is 0. The monoisotopic (exact) mass is 228 g/mol. The molecule has 0 aromatic rings. The zero-order valence-electron chi connectivity index (χ0n) is 10.0. The van der Waals surface area contributed by atoms with Gasteiger partial charge in [-0.05, 0) is 19.3 Å². The molecule has 4 nitrogen and oxygen atoms in total. The van der Waals surface area contributed by atoms with Gasteiger partial charge < -0.3 is 9.47 Å². The van der Waals surface area contributed by atoms with E-state index < -0.39 is 0 Å². The highest BCUT2D eigenvalue weighted by atomic mass is 16.5. The van der Waals surface area contributed by atoms with Crippen LogP contribution in [0.2, 0.25) is 0 Å². The number of methoxy groups -OCH3 is 2. The molecule has 0 bridgehead atoms. The fraction of sp³-hybridized carbons (Fsp3) is 0.667. The predicted octanol–water partition coefficient (Wildman–Crippen LogP) is 2.23. The highest BCUT2D eigenvalue weighted by Gasteiger charge is 1.98. The summed E-state index contributed by atoms with van der Waals surface area (Å²) in [6.07, 6.45) is 8.58. The SMILES string of the molecule is COC(=O)/C=C/CCCCCCC(=O)OC. The Hall–Kier alpha value is -1.32. The van der Waals surface area contributed by atoms with Crippen LogP contribution in [-0.4, -0.2) is 26.2 Å². The summed E-state index contributed by atoms with van der Waals surface area (Å²) in [4.78, 5) is 21.5. The second-order valence-electron chi connectivity index (χ2n) is 3.45. The van der Waals surface area contributed by atoms with Crippen LogP contribution in [0.5, 0.6) is 0 Å². The van der Waals surface area contributed by atoms with Gasteiger partial charge in [-0.15, -0.1) is 0 Å². The molecule has 0 N–H and O–H groups in total. The first kappa shape index (κ1) is 14.7. The third-order valence-electron chi connectivity index (χ3n) is 2.18. The van der Waals surface area contributed by atoms with Crippen LogP contribution in [-0.2, 0) is 19.1 Å². The molecule has 0 atom stereocenters. The Morgan fingerprint density at radius 2 is 1.69 bits per heavy atom. The minimum Gasteiger partial charge on any atom is -0.469 e. The summed E-state index contributed by atoms with van der Waals surface area (Å²) < 4.78 is 8.99. The van der Waals surface area contributed by atoms with Crippen molar-refractivity contribution in [2.75, 3.05) is 14.2 Å². The highest BCUT2D eigenvalue weighted by molar-refractivity contribution is 5.81. The van der Waals surface area contributed by atoms with Crippen molar-refractivity contribution in [1.29, 1.82) is 0 Å². The van der Waals surface area contributed by atoms with Crippen molar-refractivity contribution in [3.63, 3.8) is 0 Å². The quantitative estimate of drug-likeness (QED) is 0.363. The van der Waals surface area contributed by atoms with E-state index in [1.807, 2.05) is 6.08 Å². The maximum atomic E-state index is 10.8. The van der Waals surface area contributed by atoms with E-state index in [-0.39, 0.29) is 11.9 Å². The Labute approximate surface area is 96.6 Å². The molecule has 4 heteroatoms. The highest BCUT2D eigenvalue weighted by Crippen LogP contribution is 2.06. The molecule has 0 aromatic carbocycles. The second-order valence-corrected chi connectivity index (χ2v) is 3.45. The number of carbonyl (C=O) groups excluding carboxylic acids is 2. The standard InChI is InChI=1S/C12H20O4/c1-15-11(13)9-7-5-3-4-6-8-10-12(14)16-2/h7,9H,3-6,8,10H2,1-2H3/b9-7+. The molecule has 0 amide bonds. The number of hydrogen-bond acceptors (Lipinski definition) is 4. The fourth-order valence-electron chi connectivity index (χ4n) is 1.23. The number of rotatable bonds is 8. The summed E-state index contributed by atoms with van der Waals surface area (Å²) in [5.74, 6) is -0.462. The van der Waals surface area contributed by atoms with Gasteiger partial charge >= 0.3 is 11.9 Å². The van der Waals surface area contributed by atoms with Crippen LogP contribution in [0, 0.1) is 0 Å². The Balaban J connectivity index is 3.24. The number of esters is 2. The van der Waals surface area contributed by atoms with Crippen LogP contribution in [0.15, 0.2) is 12.2 Å². The molecule has 0 heterocycles. The lowest BCUT2D eigenvalue weighted by Crippen LogP contribution is -1.99. The van der Waals surface area contributed by atoms with Crippen molar-refractivity contribution in [3.05, 3.63) is 12.2 Å². The number of carbonyl (C=O) groups is 2. The average molecular weight is 228 g/mol. The molecule has 0 spiro atoms. The normalized spacial score (nSPS) is 10.4. The molecule has 92 valence electrons. The molecule has 0 aliphatic carbocycles. The first-order valence-corrected chi connectivity index (χ1v) is 5.52. The Morgan fingerprint density at radius 3 is 2.31 bits per heavy atom. The van der Waals surface area contributed by atoms with Crippen molar-refractivity contribution in [2.24, 2.45) is 0 Å². The second kappa shape index (κ2) is 10.2. The van der Waals surface area contributed by atoms with Crippen molar-refractivity contribution < 1.29 is 19.1 Å². The lowest BCUT2D eigenvalue weighted by Gasteiger charge is -1.99. The summed E-state index contributed by atoms with van der Waals surface area (Å²) in [6, 6.07) is 0. The molecular formula is C12H20O4. The topological polar surface area (TPSA) is 52.6 Å². The minimum absolute atomic E-state index is 0.148. The van der Waals surface area contributed by atoms with Crippen LogP contribution >= 0.6 is 0 Å². The van der Waals surface area contributed by atoms with Crippen LogP contribution < -0.4 is 0 Å². The first-order chi connectivity index (χ1) is 7.70. The Kier molecular flexibility index (Phi) is 9.36. The van der Waals surface area contributed by atoms with E-state index in [2.05, 4.69) is 9.47 Å². The summed E-state index contributed by atoms with van der Waals surface area (Å²) in [5.41, 5.74) is 0. The molecule has 0 saturated carbocycles. The van der Waals surface area contributed by atoms with Crippen LogP contribution in [0.25, 0.3) is 0 Å². The Bertz CT molecular complexity index is 233. The molecule has 0 aromatic heterocycles. The molecule has 0 unspecified atom stereocenters. The van der Waals surface area contributed by atoms with E-state index in [4.69, 9.17) is 0 Å². The van der Waals surface area contributed by atoms with E-state index in [0.717, 1.165) is 32.1 Å². The molecule has 0 aliphatic rings. The van der Waals surface area contributed by atoms with E-state index in [9.17, 15) is 9.59 Å². The van der Waals surface area contributed by atoms with Gasteiger partial charge in [-0.25, -0.2) is 4.79 Å². The zero-order valence-corrected chi connectivity index (χ0v) is 10.0. The van der Waals surface area contributed by atoms with Crippen molar-refractivity contribution >= 4 is 11.9 Å². The van der Waals surface area contributed by atoms with Crippen molar-refractivity contribution in [1.82, 2.24) is 0 Å². The predicted molar refractivity (Wildman–Crippen MR) is 60.9 cm³/mol. The van der Waals surface area contributed by atoms with Crippen LogP contribution in [0.3, 0.4) is 0 Å². The van der Waals surface area contributed by atoms with Crippen LogP contribution in [0.1, 0.15) is 38.5 Å². The van der Waals surface area contributed by atoms with Gasteiger partial charge in [0.15, 0.2) is 0 Å². The van der Waals surface area contributed by atoms with Crippen LogP contribution in [0.4, 0.5) is 0 Å². The summed E-state index contributed by atoms with van der Waals surface area (Å²) in [5, 5.41) is 0. The maximum Gasteiger partial charge on any atom is 0.330 e. The third-order valence-corrected chi connectivity index (χ3v) is 2.18. The summed E-state index contributed by atoms with van der Waals surface area (Å²) >= 11 is 0. The number of hydrogen-bond donors (Lipinski definition) is 0. The van der Waals surface area contributed by atoms with Gasteiger partial charge in [-0.1, -0.05) is 18.9 Å². The van der Waals surface area contributed by atoms with E-state index >= 15 is 0 Å². The molecule has 0 aliphatic heterocycles.